The Morgan fingerprint density at radius 2 is 1.26 bits per heavy atom. The number of rotatable bonds is 6. The van der Waals surface area contributed by atoms with Gasteiger partial charge in [0, 0.05) is 58.1 Å². The van der Waals surface area contributed by atoms with E-state index in [9.17, 15) is 0 Å². The molecule has 0 fully saturated rings. The number of benzene rings is 4. The summed E-state index contributed by atoms with van der Waals surface area (Å²) >= 11 is 3.98. The summed E-state index contributed by atoms with van der Waals surface area (Å²) in [4.78, 5) is 1.41. The molecule has 0 radical (unpaired) electrons. The van der Waals surface area contributed by atoms with E-state index >= 15 is 0 Å². The summed E-state index contributed by atoms with van der Waals surface area (Å²) in [6.45, 7) is 14.2. The van der Waals surface area contributed by atoms with Gasteiger partial charge < -0.3 is 0 Å². The van der Waals surface area contributed by atoms with Gasteiger partial charge in [-0.05, 0) is 65.1 Å². The molecule has 2 atom stereocenters. The van der Waals surface area contributed by atoms with Crippen molar-refractivity contribution in [3.8, 4) is 22.9 Å². The van der Waals surface area contributed by atoms with Crippen molar-refractivity contribution >= 4 is 76.3 Å². The SMILES string of the molecule is CC[Si](C#Cc1c2c(c(C#C[Si](CC)(CC)CC)c3c1ccc1c4ccccc4sc13)C=CC1c3ccccc3SC21)(CC)CC. The molecule has 5 aromatic rings. The predicted octanol–water partition coefficient (Wildman–Crippen LogP) is 13.0. The van der Waals surface area contributed by atoms with Gasteiger partial charge in [0.05, 0.1) is 0 Å². The van der Waals surface area contributed by atoms with Crippen molar-refractivity contribution in [3.63, 3.8) is 0 Å². The van der Waals surface area contributed by atoms with Crippen LogP contribution < -0.4 is 0 Å². The Labute approximate surface area is 286 Å². The van der Waals surface area contributed by atoms with Crippen LogP contribution in [0.4, 0.5) is 0 Å². The topological polar surface area (TPSA) is 0 Å². The minimum Gasteiger partial charge on any atom is -0.134 e. The molecule has 0 saturated heterocycles. The number of hydrogen-bond donors (Lipinski definition) is 0. The Bertz CT molecular complexity index is 2120. The van der Waals surface area contributed by atoms with Crippen LogP contribution in [0, 0.1) is 22.9 Å². The van der Waals surface area contributed by atoms with Crippen LogP contribution in [0.1, 0.15) is 80.5 Å². The van der Waals surface area contributed by atoms with Crippen LogP contribution in [-0.4, -0.2) is 16.1 Å². The van der Waals surface area contributed by atoms with Gasteiger partial charge in [0.1, 0.15) is 16.1 Å². The summed E-state index contributed by atoms with van der Waals surface area (Å²) in [6, 6.07) is 30.0. The zero-order valence-electron chi connectivity index (χ0n) is 28.1. The first-order valence-electron chi connectivity index (χ1n) is 17.4. The molecule has 0 N–H and O–H groups in total. The van der Waals surface area contributed by atoms with Gasteiger partial charge in [-0.25, -0.2) is 0 Å². The van der Waals surface area contributed by atoms with Crippen molar-refractivity contribution in [2.24, 2.45) is 0 Å². The first kappa shape index (κ1) is 31.6. The lowest BCUT2D eigenvalue weighted by Crippen LogP contribution is -2.29. The lowest BCUT2D eigenvalue weighted by Gasteiger charge is -2.28. The number of thiophene rings is 1. The highest BCUT2D eigenvalue weighted by Gasteiger charge is 2.39. The van der Waals surface area contributed by atoms with Crippen LogP contribution in [-0.2, 0) is 0 Å². The van der Waals surface area contributed by atoms with E-state index in [1.54, 1.807) is 0 Å². The fraction of sp³-hybridized carbons (Fsp3) is 0.333. The van der Waals surface area contributed by atoms with Crippen LogP contribution in [0.25, 0.3) is 37.0 Å². The van der Waals surface area contributed by atoms with Gasteiger partial charge >= 0.3 is 0 Å². The summed E-state index contributed by atoms with van der Waals surface area (Å²) in [6.07, 6.45) is 4.93. The first-order valence-corrected chi connectivity index (χ1v) is 24.3. The summed E-state index contributed by atoms with van der Waals surface area (Å²) in [5.41, 5.74) is 14.8. The van der Waals surface area contributed by atoms with Crippen molar-refractivity contribution in [3.05, 3.63) is 94.6 Å². The molecule has 4 aromatic carbocycles. The second kappa shape index (κ2) is 12.6. The Morgan fingerprint density at radius 1 is 0.652 bits per heavy atom. The molecule has 0 amide bonds. The van der Waals surface area contributed by atoms with Gasteiger partial charge in [-0.1, -0.05) is 114 Å². The number of fused-ring (bicyclic) bond motifs is 10. The third-order valence-corrected chi connectivity index (χ3v) is 23.5. The van der Waals surface area contributed by atoms with E-state index in [1.807, 2.05) is 23.1 Å². The van der Waals surface area contributed by atoms with E-state index < -0.39 is 16.1 Å². The maximum Gasteiger partial charge on any atom is 0.138 e. The normalized spacial score (nSPS) is 16.9. The molecular weight excluding hydrogens is 625 g/mol. The third kappa shape index (κ3) is 4.96. The van der Waals surface area contributed by atoms with Gasteiger partial charge in [0.2, 0.25) is 0 Å². The molecule has 0 spiro atoms. The van der Waals surface area contributed by atoms with E-state index in [-0.39, 0.29) is 0 Å². The summed E-state index contributed by atoms with van der Waals surface area (Å²) < 4.78 is 2.72. The highest BCUT2D eigenvalue weighted by Crippen LogP contribution is 2.59. The van der Waals surface area contributed by atoms with Crippen LogP contribution in [0.3, 0.4) is 0 Å². The van der Waals surface area contributed by atoms with Crippen LogP contribution in [0.2, 0.25) is 36.3 Å². The van der Waals surface area contributed by atoms with E-state index in [4.69, 9.17) is 0 Å². The fourth-order valence-electron chi connectivity index (χ4n) is 7.83. The Morgan fingerprint density at radius 3 is 1.96 bits per heavy atom. The van der Waals surface area contributed by atoms with Crippen LogP contribution in [0.5, 0.6) is 0 Å². The third-order valence-electron chi connectivity index (χ3n) is 11.5. The molecule has 7 rings (SSSR count). The molecule has 1 aliphatic carbocycles. The first-order chi connectivity index (χ1) is 22.5. The van der Waals surface area contributed by atoms with Crippen LogP contribution >= 0.6 is 23.1 Å². The Kier molecular flexibility index (Phi) is 8.62. The van der Waals surface area contributed by atoms with Crippen molar-refractivity contribution in [2.45, 2.75) is 93.9 Å². The number of hydrogen-bond acceptors (Lipinski definition) is 2. The molecule has 1 aromatic heterocycles. The largest absolute Gasteiger partial charge is 0.138 e. The quantitative estimate of drug-likeness (QED) is 0.128. The van der Waals surface area contributed by atoms with E-state index in [1.165, 1.54) is 99.9 Å². The highest BCUT2D eigenvalue weighted by molar-refractivity contribution is 8.00. The molecule has 1 aliphatic heterocycles. The number of allylic oxidation sites excluding steroid dienone is 1. The van der Waals surface area contributed by atoms with E-state index in [2.05, 4.69) is 137 Å². The second-order valence-corrected chi connectivity index (χ2v) is 25.3. The van der Waals surface area contributed by atoms with Crippen LogP contribution in [0.15, 0.2) is 71.6 Å². The zero-order valence-corrected chi connectivity index (χ0v) is 31.8. The van der Waals surface area contributed by atoms with E-state index in [0.717, 1.165) is 0 Å². The molecule has 46 heavy (non-hydrogen) atoms. The van der Waals surface area contributed by atoms with Gasteiger partial charge in [-0.3, -0.25) is 0 Å². The summed E-state index contributed by atoms with van der Waals surface area (Å²) in [5.74, 6) is 8.37. The zero-order chi connectivity index (χ0) is 32.1. The monoisotopic (exact) mass is 668 g/mol. The van der Waals surface area contributed by atoms with Gasteiger partial charge in [-0.2, -0.15) is 0 Å². The lowest BCUT2D eigenvalue weighted by atomic mass is 9.79. The molecule has 0 saturated carbocycles. The summed E-state index contributed by atoms with van der Waals surface area (Å²) in [5, 5.41) is 5.65. The van der Waals surface area contributed by atoms with Crippen molar-refractivity contribution in [1.29, 1.82) is 0 Å². The van der Waals surface area contributed by atoms with Gasteiger partial charge in [0.15, 0.2) is 0 Å². The molecule has 2 unspecified atom stereocenters. The molecule has 0 bridgehead atoms. The molecule has 4 heteroatoms. The minimum absolute atomic E-state index is 0.316. The van der Waals surface area contributed by atoms with Crippen molar-refractivity contribution in [2.75, 3.05) is 0 Å². The van der Waals surface area contributed by atoms with Gasteiger partial charge in [-0.15, -0.1) is 34.2 Å². The van der Waals surface area contributed by atoms with Crippen molar-refractivity contribution in [1.82, 2.24) is 0 Å². The lowest BCUT2D eigenvalue weighted by molar-refractivity contribution is 0.817. The second-order valence-electron chi connectivity index (χ2n) is 13.2. The van der Waals surface area contributed by atoms with E-state index in [0.29, 0.717) is 11.2 Å². The number of thioether (sulfide) groups is 1. The van der Waals surface area contributed by atoms with Gasteiger partial charge in [0.25, 0.3) is 0 Å². The summed E-state index contributed by atoms with van der Waals surface area (Å²) in [7, 11) is -3.37. The molecule has 2 aliphatic rings. The maximum absolute atomic E-state index is 4.05. The molecule has 2 heterocycles. The predicted molar refractivity (Wildman–Crippen MR) is 212 cm³/mol. The average Bonchev–Trinajstić information content (AvgIpc) is 3.68. The highest BCUT2D eigenvalue weighted by atomic mass is 32.2. The Balaban J connectivity index is 1.64. The fourth-order valence-corrected chi connectivity index (χ4v) is 15.4. The standard InChI is InChI=1S/C42H44S2Si2/c1-7-45(8-2,9-3)27-25-33-31-21-23-36-30-18-14-16-20-38(30)44-42(36)40(31)34(26-28-46(10-4,11-5)12-6)32-22-24-35-29-17-13-15-19-37(29)43-41(35)39(32)33/h13-24,35,41H,7-12H2,1-6H3. The molecular formula is C42H44S2Si2. The minimum atomic E-state index is -1.69. The molecule has 0 nitrogen and oxygen atoms in total. The Hall–Kier alpha value is -3.00. The maximum atomic E-state index is 4.05. The van der Waals surface area contributed by atoms with Crippen molar-refractivity contribution < 1.29 is 0 Å². The smallest absolute Gasteiger partial charge is 0.134 e. The molecule has 232 valence electrons. The average molecular weight is 669 g/mol.